The first-order valence-corrected chi connectivity index (χ1v) is 7.11. The monoisotopic (exact) mass is 276 g/mol. The summed E-state index contributed by atoms with van der Waals surface area (Å²) < 4.78 is 22.9. The van der Waals surface area contributed by atoms with Crippen LogP contribution in [-0.4, -0.2) is 31.2 Å². The molecule has 0 aromatic heterocycles. The largest absolute Gasteiger partial charge is 0.494 e. The van der Waals surface area contributed by atoms with Gasteiger partial charge in [-0.2, -0.15) is 0 Å². The molecule has 1 atom stereocenters. The second-order valence-corrected chi connectivity index (χ2v) is 6.36. The van der Waals surface area contributed by atoms with Gasteiger partial charge >= 0.3 is 7.12 Å². The van der Waals surface area contributed by atoms with E-state index in [1.807, 2.05) is 24.3 Å². The summed E-state index contributed by atoms with van der Waals surface area (Å²) in [5.41, 5.74) is 0.379. The van der Waals surface area contributed by atoms with E-state index in [1.54, 1.807) is 0 Å². The van der Waals surface area contributed by atoms with Crippen LogP contribution < -0.4 is 10.2 Å². The highest BCUT2D eigenvalue weighted by molar-refractivity contribution is 6.62. The van der Waals surface area contributed by atoms with Gasteiger partial charge in [0.15, 0.2) is 0 Å². The van der Waals surface area contributed by atoms with Gasteiger partial charge in [0, 0.05) is 6.42 Å². The molecule has 2 saturated heterocycles. The summed E-state index contributed by atoms with van der Waals surface area (Å²) in [6.07, 6.45) is 0.872. The second kappa shape index (κ2) is 4.76. The van der Waals surface area contributed by atoms with Crippen LogP contribution in [0.15, 0.2) is 24.3 Å². The zero-order valence-electron chi connectivity index (χ0n) is 12.5. The van der Waals surface area contributed by atoms with Crippen LogP contribution in [0.3, 0.4) is 0 Å². The Morgan fingerprint density at radius 2 is 1.60 bits per heavy atom. The van der Waals surface area contributed by atoms with Gasteiger partial charge in [-0.3, -0.25) is 0 Å². The van der Waals surface area contributed by atoms with E-state index in [2.05, 4.69) is 27.7 Å². The summed E-state index contributed by atoms with van der Waals surface area (Å²) in [5, 5.41) is 0. The Hall–Kier alpha value is -1.04. The van der Waals surface area contributed by atoms with Gasteiger partial charge in [0.1, 0.15) is 5.75 Å². The SMILES string of the molecule is CC1(C)OB(c2ccc(OC3CCO3)cc2)OC1(C)C. The standard InChI is InChI=1S/C15H21BO4/c1-14(2)15(3,4)20-16(19-14)11-5-7-12(8-6-11)18-13-9-10-17-13/h5-8,13H,9-10H2,1-4H3. The van der Waals surface area contributed by atoms with E-state index in [9.17, 15) is 0 Å². The van der Waals surface area contributed by atoms with Crippen molar-refractivity contribution in [1.82, 2.24) is 0 Å². The molecule has 0 N–H and O–H groups in total. The van der Waals surface area contributed by atoms with Crippen molar-refractivity contribution >= 4 is 12.6 Å². The van der Waals surface area contributed by atoms with Crippen LogP contribution in [0.1, 0.15) is 34.1 Å². The number of ether oxygens (including phenoxy) is 2. The molecule has 2 fully saturated rings. The molecule has 20 heavy (non-hydrogen) atoms. The molecular formula is C15H21BO4. The van der Waals surface area contributed by atoms with E-state index in [0.29, 0.717) is 0 Å². The molecule has 0 spiro atoms. The molecule has 0 aliphatic carbocycles. The average molecular weight is 276 g/mol. The Morgan fingerprint density at radius 1 is 1.05 bits per heavy atom. The first-order valence-electron chi connectivity index (χ1n) is 7.11. The summed E-state index contributed by atoms with van der Waals surface area (Å²) in [4.78, 5) is 0. The normalized spacial score (nSPS) is 27.2. The van der Waals surface area contributed by atoms with Crippen LogP contribution in [0.5, 0.6) is 5.75 Å². The molecule has 2 heterocycles. The minimum Gasteiger partial charge on any atom is -0.465 e. The van der Waals surface area contributed by atoms with E-state index in [1.165, 1.54) is 0 Å². The topological polar surface area (TPSA) is 36.9 Å². The second-order valence-electron chi connectivity index (χ2n) is 6.36. The molecule has 0 bridgehead atoms. The van der Waals surface area contributed by atoms with Crippen LogP contribution in [0.2, 0.25) is 0 Å². The maximum absolute atomic E-state index is 6.02. The average Bonchev–Trinajstić information content (AvgIpc) is 2.54. The maximum Gasteiger partial charge on any atom is 0.494 e. The van der Waals surface area contributed by atoms with Gasteiger partial charge in [-0.15, -0.1) is 0 Å². The molecule has 2 aliphatic heterocycles. The van der Waals surface area contributed by atoms with Crippen LogP contribution in [0.4, 0.5) is 0 Å². The van der Waals surface area contributed by atoms with Crippen LogP contribution in [0, 0.1) is 0 Å². The predicted molar refractivity (Wildman–Crippen MR) is 77.1 cm³/mol. The summed E-state index contributed by atoms with van der Waals surface area (Å²) in [6, 6.07) is 7.83. The van der Waals surface area contributed by atoms with E-state index in [-0.39, 0.29) is 24.6 Å². The third-order valence-electron chi connectivity index (χ3n) is 4.33. The smallest absolute Gasteiger partial charge is 0.465 e. The van der Waals surface area contributed by atoms with Crippen LogP contribution in [0.25, 0.3) is 0 Å². The van der Waals surface area contributed by atoms with Crippen molar-refractivity contribution in [2.75, 3.05) is 6.61 Å². The highest BCUT2D eigenvalue weighted by Crippen LogP contribution is 2.36. The molecule has 0 amide bonds. The first-order chi connectivity index (χ1) is 9.37. The minimum absolute atomic E-state index is 0.0855. The number of rotatable bonds is 3. The summed E-state index contributed by atoms with van der Waals surface area (Å²) in [5.74, 6) is 0.815. The van der Waals surface area contributed by atoms with Gasteiger partial charge in [0.05, 0.1) is 17.8 Å². The van der Waals surface area contributed by atoms with Crippen molar-refractivity contribution in [1.29, 1.82) is 0 Å². The lowest BCUT2D eigenvalue weighted by molar-refractivity contribution is -0.165. The minimum atomic E-state index is -0.325. The molecule has 1 unspecified atom stereocenters. The summed E-state index contributed by atoms with van der Waals surface area (Å²) in [7, 11) is -0.325. The lowest BCUT2D eigenvalue weighted by Crippen LogP contribution is -2.41. The number of hydrogen-bond acceptors (Lipinski definition) is 4. The fourth-order valence-corrected chi connectivity index (χ4v) is 2.14. The van der Waals surface area contributed by atoms with Crippen molar-refractivity contribution < 1.29 is 18.8 Å². The number of benzene rings is 1. The molecule has 0 saturated carbocycles. The molecule has 0 radical (unpaired) electrons. The molecule has 4 nitrogen and oxygen atoms in total. The first kappa shape index (κ1) is 13.9. The summed E-state index contributed by atoms with van der Waals surface area (Å²) in [6.45, 7) is 9.00. The van der Waals surface area contributed by atoms with Crippen LogP contribution >= 0.6 is 0 Å². The highest BCUT2D eigenvalue weighted by Gasteiger charge is 2.51. The van der Waals surface area contributed by atoms with Crippen molar-refractivity contribution in [2.45, 2.75) is 51.6 Å². The molecule has 1 aromatic rings. The predicted octanol–water partition coefficient (Wildman–Crippen LogP) is 2.11. The summed E-state index contributed by atoms with van der Waals surface area (Å²) >= 11 is 0. The Kier molecular flexibility index (Phi) is 3.31. The zero-order valence-corrected chi connectivity index (χ0v) is 12.5. The molecule has 108 valence electrons. The zero-order chi connectivity index (χ0) is 14.4. The van der Waals surface area contributed by atoms with Crippen molar-refractivity contribution in [2.24, 2.45) is 0 Å². The third kappa shape index (κ3) is 2.46. The van der Waals surface area contributed by atoms with Crippen LogP contribution in [-0.2, 0) is 14.0 Å². The number of hydrogen-bond donors (Lipinski definition) is 0. The Labute approximate surface area is 120 Å². The van der Waals surface area contributed by atoms with E-state index in [0.717, 1.165) is 24.2 Å². The van der Waals surface area contributed by atoms with Gasteiger partial charge in [0.2, 0.25) is 6.29 Å². The van der Waals surface area contributed by atoms with E-state index < -0.39 is 0 Å². The highest BCUT2D eigenvalue weighted by atomic mass is 16.7. The Morgan fingerprint density at radius 3 is 2.05 bits per heavy atom. The Balaban J connectivity index is 1.69. The van der Waals surface area contributed by atoms with Gasteiger partial charge in [-0.1, -0.05) is 12.1 Å². The fraction of sp³-hybridized carbons (Fsp3) is 0.600. The van der Waals surface area contributed by atoms with Crippen molar-refractivity contribution in [3.05, 3.63) is 24.3 Å². The quantitative estimate of drug-likeness (QED) is 0.792. The van der Waals surface area contributed by atoms with Gasteiger partial charge in [0.25, 0.3) is 0 Å². The molecule has 3 rings (SSSR count). The molecule has 1 aromatic carbocycles. The molecular weight excluding hydrogens is 255 g/mol. The third-order valence-corrected chi connectivity index (χ3v) is 4.33. The fourth-order valence-electron chi connectivity index (χ4n) is 2.14. The lowest BCUT2D eigenvalue weighted by Gasteiger charge is -2.32. The van der Waals surface area contributed by atoms with Gasteiger partial charge in [-0.05, 0) is 45.3 Å². The van der Waals surface area contributed by atoms with E-state index in [4.69, 9.17) is 18.8 Å². The van der Waals surface area contributed by atoms with Gasteiger partial charge in [-0.25, -0.2) is 0 Å². The van der Waals surface area contributed by atoms with Gasteiger partial charge < -0.3 is 18.8 Å². The molecule has 2 aliphatic rings. The Bertz CT molecular complexity index is 463. The lowest BCUT2D eigenvalue weighted by atomic mass is 9.79. The molecule has 5 heteroatoms. The maximum atomic E-state index is 6.02. The van der Waals surface area contributed by atoms with Crippen molar-refractivity contribution in [3.63, 3.8) is 0 Å². The van der Waals surface area contributed by atoms with Crippen molar-refractivity contribution in [3.8, 4) is 5.75 Å². The van der Waals surface area contributed by atoms with E-state index >= 15 is 0 Å².